The van der Waals surface area contributed by atoms with Gasteiger partial charge in [0, 0.05) is 21.9 Å². The van der Waals surface area contributed by atoms with Crippen molar-refractivity contribution >= 4 is 45.0 Å². The average Bonchev–Trinajstić information content (AvgIpc) is 2.90. The van der Waals surface area contributed by atoms with Crippen LogP contribution in [0.15, 0.2) is 95.9 Å². The molecule has 208 valence electrons. The highest BCUT2D eigenvalue weighted by molar-refractivity contribution is 7.98. The minimum absolute atomic E-state index is 0.0931. The molecule has 3 N–H and O–H groups in total. The second kappa shape index (κ2) is 11.6. The van der Waals surface area contributed by atoms with E-state index in [0.29, 0.717) is 15.0 Å². The maximum atomic E-state index is 13.3. The van der Waals surface area contributed by atoms with Crippen molar-refractivity contribution < 1.29 is 40.4 Å². The summed E-state index contributed by atoms with van der Waals surface area (Å²) in [6.45, 7) is 0. The molecule has 0 heterocycles. The molecular formula is C27H20F4N2O5S2. The van der Waals surface area contributed by atoms with Crippen molar-refractivity contribution in [1.82, 2.24) is 0 Å². The highest BCUT2D eigenvalue weighted by atomic mass is 32.2. The van der Waals surface area contributed by atoms with Gasteiger partial charge in [-0.05, 0) is 84.4 Å². The van der Waals surface area contributed by atoms with E-state index in [1.54, 1.807) is 24.3 Å². The van der Waals surface area contributed by atoms with Crippen LogP contribution in [0.4, 0.5) is 34.6 Å². The van der Waals surface area contributed by atoms with E-state index in [4.69, 9.17) is 0 Å². The second-order valence-corrected chi connectivity index (χ2v) is 10.7. The summed E-state index contributed by atoms with van der Waals surface area (Å²) in [4.78, 5) is 13.4. The average molecular weight is 593 g/mol. The van der Waals surface area contributed by atoms with Gasteiger partial charge in [-0.2, -0.15) is 21.6 Å². The summed E-state index contributed by atoms with van der Waals surface area (Å²) < 4.78 is 85.8. The van der Waals surface area contributed by atoms with Gasteiger partial charge in [0.2, 0.25) is 0 Å². The summed E-state index contributed by atoms with van der Waals surface area (Å²) in [5.41, 5.74) is -0.112. The monoisotopic (exact) mass is 592 g/mol. The molecule has 0 aromatic heterocycles. The number of phenols is 1. The number of amides is 1. The van der Waals surface area contributed by atoms with E-state index in [9.17, 15) is 40.4 Å². The lowest BCUT2D eigenvalue weighted by Gasteiger charge is -2.22. The zero-order valence-corrected chi connectivity index (χ0v) is 21.9. The third kappa shape index (κ3) is 7.11. The molecule has 0 saturated carbocycles. The summed E-state index contributed by atoms with van der Waals surface area (Å²) in [6.07, 6.45) is -4.40. The molecule has 4 aromatic rings. The lowest BCUT2D eigenvalue weighted by Crippen LogP contribution is -2.25. The largest absolute Gasteiger partial charge is 0.506 e. The van der Waals surface area contributed by atoms with Gasteiger partial charge in [-0.3, -0.25) is 9.35 Å². The molecule has 40 heavy (non-hydrogen) atoms. The topological polar surface area (TPSA) is 107 Å². The van der Waals surface area contributed by atoms with Crippen LogP contribution in [0.1, 0.15) is 21.5 Å². The fraction of sp³-hybridized carbons (Fsp3) is 0.0741. The lowest BCUT2D eigenvalue weighted by molar-refractivity contribution is -0.137. The summed E-state index contributed by atoms with van der Waals surface area (Å²) in [6, 6.07) is 18.9. The van der Waals surface area contributed by atoms with Crippen LogP contribution in [0, 0.1) is 5.82 Å². The molecule has 1 amide bonds. The quantitative estimate of drug-likeness (QED) is 0.0878. The third-order valence-electron chi connectivity index (χ3n) is 5.55. The van der Waals surface area contributed by atoms with E-state index in [2.05, 4.69) is 5.32 Å². The standard InChI is InChI=1S/C27H20F4N2O5S2/c28-20-7-10-22(11-8-20)33(40(36,37)38)24-15-21(9-14-25(24)34)32-26(35)18-3-1-17(2-4-18)16-39-23-12-5-19(6-13-23)27(29,30)31/h1-15,34H,16H2,(H,32,35)(H,36,37,38). The van der Waals surface area contributed by atoms with E-state index in [0.717, 1.165) is 54.1 Å². The van der Waals surface area contributed by atoms with E-state index in [1.165, 1.54) is 30.0 Å². The summed E-state index contributed by atoms with van der Waals surface area (Å²) in [5, 5.41) is 12.9. The van der Waals surface area contributed by atoms with Gasteiger partial charge in [-0.15, -0.1) is 11.8 Å². The van der Waals surface area contributed by atoms with Crippen molar-refractivity contribution in [2.75, 3.05) is 9.62 Å². The van der Waals surface area contributed by atoms with Crippen LogP contribution in [-0.2, 0) is 22.2 Å². The van der Waals surface area contributed by atoms with Gasteiger partial charge in [-0.1, -0.05) is 12.1 Å². The molecule has 0 radical (unpaired) electrons. The maximum absolute atomic E-state index is 13.3. The van der Waals surface area contributed by atoms with Crippen LogP contribution < -0.4 is 9.62 Å². The number of anilines is 3. The molecule has 0 bridgehead atoms. The Hall–Kier alpha value is -4.07. The fourth-order valence-electron chi connectivity index (χ4n) is 3.60. The van der Waals surface area contributed by atoms with Crippen molar-refractivity contribution in [2.45, 2.75) is 16.8 Å². The third-order valence-corrected chi connectivity index (χ3v) is 7.50. The molecular weight excluding hydrogens is 572 g/mol. The Morgan fingerprint density at radius 3 is 2.10 bits per heavy atom. The lowest BCUT2D eigenvalue weighted by atomic mass is 10.1. The van der Waals surface area contributed by atoms with Gasteiger partial charge >= 0.3 is 16.5 Å². The Labute approximate surface area is 231 Å². The van der Waals surface area contributed by atoms with Crippen LogP contribution in [0.5, 0.6) is 5.75 Å². The Kier molecular flexibility index (Phi) is 8.37. The van der Waals surface area contributed by atoms with Crippen LogP contribution >= 0.6 is 11.8 Å². The molecule has 13 heteroatoms. The zero-order chi connectivity index (χ0) is 29.1. The SMILES string of the molecule is O=C(Nc1ccc(O)c(N(c2ccc(F)cc2)S(=O)(=O)O)c1)c1ccc(CSc2ccc(C(F)(F)F)cc2)cc1. The molecule has 4 rings (SSSR count). The number of rotatable bonds is 8. The van der Waals surface area contributed by atoms with Gasteiger partial charge in [0.05, 0.1) is 11.3 Å². The van der Waals surface area contributed by atoms with Crippen molar-refractivity contribution in [3.8, 4) is 5.75 Å². The van der Waals surface area contributed by atoms with Crippen LogP contribution in [0.3, 0.4) is 0 Å². The molecule has 0 aliphatic carbocycles. The number of nitrogens with zero attached hydrogens (tertiary/aromatic N) is 1. The van der Waals surface area contributed by atoms with E-state index in [1.807, 2.05) is 0 Å². The minimum atomic E-state index is -4.96. The predicted molar refractivity (Wildman–Crippen MR) is 144 cm³/mol. The number of alkyl halides is 3. The van der Waals surface area contributed by atoms with E-state index >= 15 is 0 Å². The highest BCUT2D eigenvalue weighted by Crippen LogP contribution is 2.37. The Bertz CT molecular complexity index is 1610. The van der Waals surface area contributed by atoms with Gasteiger partial charge in [-0.25, -0.2) is 8.70 Å². The van der Waals surface area contributed by atoms with E-state index in [-0.39, 0.29) is 22.6 Å². The molecule has 0 atom stereocenters. The molecule has 4 aromatic carbocycles. The number of benzene rings is 4. The van der Waals surface area contributed by atoms with Gasteiger partial charge < -0.3 is 10.4 Å². The second-order valence-electron chi connectivity index (χ2n) is 8.38. The number of halogens is 4. The molecule has 0 aliphatic heterocycles. The van der Waals surface area contributed by atoms with Crippen molar-refractivity contribution in [3.05, 3.63) is 114 Å². The Morgan fingerprint density at radius 1 is 0.900 bits per heavy atom. The number of carbonyl (C=O) groups is 1. The molecule has 7 nitrogen and oxygen atoms in total. The highest BCUT2D eigenvalue weighted by Gasteiger charge is 2.30. The summed E-state index contributed by atoms with van der Waals surface area (Å²) >= 11 is 1.33. The number of carbonyl (C=O) groups excluding carboxylic acids is 1. The van der Waals surface area contributed by atoms with Gasteiger partial charge in [0.1, 0.15) is 17.3 Å². The number of phenolic OH excluding ortho intramolecular Hbond substituents is 1. The molecule has 0 saturated heterocycles. The molecule has 0 aliphatic rings. The number of hydrogen-bond acceptors (Lipinski definition) is 5. The zero-order valence-electron chi connectivity index (χ0n) is 20.3. The first-order valence-corrected chi connectivity index (χ1v) is 13.8. The first-order valence-electron chi connectivity index (χ1n) is 11.4. The number of aromatic hydroxyl groups is 1. The predicted octanol–water partition coefficient (Wildman–Crippen LogP) is 7.04. The van der Waals surface area contributed by atoms with Crippen LogP contribution in [0.2, 0.25) is 0 Å². The van der Waals surface area contributed by atoms with Crippen LogP contribution in [0.25, 0.3) is 0 Å². The van der Waals surface area contributed by atoms with Crippen molar-refractivity contribution in [2.24, 2.45) is 0 Å². The first-order chi connectivity index (χ1) is 18.8. The fourth-order valence-corrected chi connectivity index (χ4v) is 5.24. The molecule has 0 unspecified atom stereocenters. The Morgan fingerprint density at radius 2 is 1.52 bits per heavy atom. The van der Waals surface area contributed by atoms with Gasteiger partial charge in [0.25, 0.3) is 5.91 Å². The minimum Gasteiger partial charge on any atom is -0.506 e. The van der Waals surface area contributed by atoms with E-state index < -0.39 is 39.5 Å². The summed E-state index contributed by atoms with van der Waals surface area (Å²) in [5.74, 6) is -1.29. The van der Waals surface area contributed by atoms with Crippen molar-refractivity contribution in [3.63, 3.8) is 0 Å². The Balaban J connectivity index is 1.46. The number of thioether (sulfide) groups is 1. The smallest absolute Gasteiger partial charge is 0.416 e. The van der Waals surface area contributed by atoms with Crippen LogP contribution in [-0.4, -0.2) is 24.0 Å². The summed E-state index contributed by atoms with van der Waals surface area (Å²) in [7, 11) is -4.96. The van der Waals surface area contributed by atoms with Gasteiger partial charge in [0.15, 0.2) is 0 Å². The first kappa shape index (κ1) is 28.9. The molecule has 0 fully saturated rings. The normalized spacial score (nSPS) is 11.7. The molecule has 0 spiro atoms. The number of nitrogens with one attached hydrogen (secondary N) is 1. The van der Waals surface area contributed by atoms with Crippen molar-refractivity contribution in [1.29, 1.82) is 0 Å². The number of hydrogen-bond donors (Lipinski definition) is 3. The maximum Gasteiger partial charge on any atom is 0.416 e.